The minimum atomic E-state index is -1.67. The van der Waals surface area contributed by atoms with Crippen LogP contribution in [0.25, 0.3) is 0 Å². The SMILES string of the molecule is CCCCC(CC)COP(Oc1ccc(C(C)(C)C)cc1C(C)(C)C)Oc1ccc(C(C)(C)C)cc1C(C)(C)C. The maximum Gasteiger partial charge on any atom is 0.463 e. The summed E-state index contributed by atoms with van der Waals surface area (Å²) in [5.74, 6) is 2.18. The molecular formula is C36H59O3P. The first kappa shape index (κ1) is 34.6. The number of hydrogen-bond donors (Lipinski definition) is 0. The topological polar surface area (TPSA) is 27.7 Å². The van der Waals surface area contributed by atoms with Crippen LogP contribution in [-0.4, -0.2) is 6.61 Å². The standard InChI is InChI=1S/C36H59O3P/c1-15-17-18-26(16-2)25-37-40(38-31-21-19-27(33(3,4)5)23-29(31)35(9,10)11)39-32-22-20-28(34(6,7)8)24-30(32)36(12,13)14/h19-24,26H,15-18,25H2,1-14H3. The minimum Gasteiger partial charge on any atom is -0.417 e. The van der Waals surface area contributed by atoms with Crippen LogP contribution >= 0.6 is 8.60 Å². The van der Waals surface area contributed by atoms with Crippen molar-refractivity contribution in [2.24, 2.45) is 5.92 Å². The Balaban J connectivity index is 2.54. The summed E-state index contributed by atoms with van der Waals surface area (Å²) in [7, 11) is -1.67. The molecule has 0 bridgehead atoms. The molecule has 0 N–H and O–H groups in total. The average Bonchev–Trinajstić information content (AvgIpc) is 2.81. The van der Waals surface area contributed by atoms with Gasteiger partial charge in [0.05, 0.1) is 6.61 Å². The Hall–Kier alpha value is -1.57. The van der Waals surface area contributed by atoms with Crippen LogP contribution < -0.4 is 9.05 Å². The van der Waals surface area contributed by atoms with Crippen molar-refractivity contribution in [3.63, 3.8) is 0 Å². The van der Waals surface area contributed by atoms with Gasteiger partial charge in [-0.2, -0.15) is 0 Å². The van der Waals surface area contributed by atoms with E-state index in [0.29, 0.717) is 12.5 Å². The number of unbranched alkanes of at least 4 members (excludes halogenated alkanes) is 1. The van der Waals surface area contributed by atoms with Crippen LogP contribution in [0.1, 0.15) is 145 Å². The van der Waals surface area contributed by atoms with Gasteiger partial charge >= 0.3 is 8.60 Å². The Kier molecular flexibility index (Phi) is 11.8. The number of benzene rings is 2. The van der Waals surface area contributed by atoms with Gasteiger partial charge in [-0.1, -0.05) is 140 Å². The molecule has 4 heteroatoms. The third kappa shape index (κ3) is 10.1. The molecule has 0 heterocycles. The summed E-state index contributed by atoms with van der Waals surface area (Å²) in [6.45, 7) is 32.1. The highest BCUT2D eigenvalue weighted by atomic mass is 31.2. The van der Waals surface area contributed by atoms with Crippen molar-refractivity contribution in [2.75, 3.05) is 6.61 Å². The molecule has 226 valence electrons. The van der Waals surface area contributed by atoms with Crippen molar-refractivity contribution in [1.82, 2.24) is 0 Å². The summed E-state index contributed by atoms with van der Waals surface area (Å²) in [5, 5.41) is 0. The van der Waals surface area contributed by atoms with E-state index in [2.05, 4.69) is 133 Å². The molecule has 0 aliphatic rings. The van der Waals surface area contributed by atoms with E-state index in [9.17, 15) is 0 Å². The Bertz CT molecular complexity index is 1000. The van der Waals surface area contributed by atoms with E-state index in [4.69, 9.17) is 13.6 Å². The maximum absolute atomic E-state index is 6.73. The Morgan fingerprint density at radius 2 is 1.05 bits per heavy atom. The molecule has 1 atom stereocenters. The molecule has 2 aromatic rings. The number of hydrogen-bond acceptors (Lipinski definition) is 3. The van der Waals surface area contributed by atoms with Crippen LogP contribution in [0.2, 0.25) is 0 Å². The Labute approximate surface area is 248 Å². The monoisotopic (exact) mass is 570 g/mol. The zero-order valence-electron chi connectivity index (χ0n) is 28.2. The lowest BCUT2D eigenvalue weighted by molar-refractivity contribution is 0.206. The number of rotatable bonds is 11. The summed E-state index contributed by atoms with van der Waals surface area (Å²) in [6.07, 6.45) is 4.66. The molecule has 0 aliphatic carbocycles. The van der Waals surface area contributed by atoms with Crippen LogP contribution in [0.15, 0.2) is 36.4 Å². The summed E-state index contributed by atoms with van der Waals surface area (Å²) < 4.78 is 20.0. The van der Waals surface area contributed by atoms with Crippen molar-refractivity contribution in [2.45, 2.75) is 144 Å². The van der Waals surface area contributed by atoms with E-state index in [1.165, 1.54) is 35.1 Å². The molecule has 0 aliphatic heterocycles. The van der Waals surface area contributed by atoms with E-state index < -0.39 is 8.60 Å². The second-order valence-electron chi connectivity index (χ2n) is 15.5. The highest BCUT2D eigenvalue weighted by molar-refractivity contribution is 7.42. The molecule has 0 saturated heterocycles. The van der Waals surface area contributed by atoms with Crippen molar-refractivity contribution in [1.29, 1.82) is 0 Å². The fraction of sp³-hybridized carbons (Fsp3) is 0.667. The van der Waals surface area contributed by atoms with Gasteiger partial charge in [0.25, 0.3) is 0 Å². The Morgan fingerprint density at radius 3 is 1.38 bits per heavy atom. The lowest BCUT2D eigenvalue weighted by Crippen LogP contribution is -2.19. The highest BCUT2D eigenvalue weighted by Crippen LogP contribution is 2.48. The third-order valence-electron chi connectivity index (χ3n) is 7.61. The zero-order valence-corrected chi connectivity index (χ0v) is 29.1. The van der Waals surface area contributed by atoms with Crippen LogP contribution in [0.5, 0.6) is 11.5 Å². The van der Waals surface area contributed by atoms with Crippen molar-refractivity contribution in [3.8, 4) is 11.5 Å². The molecule has 3 nitrogen and oxygen atoms in total. The largest absolute Gasteiger partial charge is 0.463 e. The van der Waals surface area contributed by atoms with Crippen LogP contribution in [-0.2, 0) is 26.2 Å². The van der Waals surface area contributed by atoms with Gasteiger partial charge in [-0.25, -0.2) is 0 Å². The quantitative estimate of drug-likeness (QED) is 0.251. The molecule has 0 amide bonds. The van der Waals surface area contributed by atoms with Crippen molar-refractivity contribution < 1.29 is 13.6 Å². The summed E-state index contributed by atoms with van der Waals surface area (Å²) in [6, 6.07) is 13.2. The molecule has 0 fully saturated rings. The Morgan fingerprint density at radius 1 is 0.625 bits per heavy atom. The van der Waals surface area contributed by atoms with Crippen LogP contribution in [0, 0.1) is 5.92 Å². The van der Waals surface area contributed by atoms with E-state index in [0.717, 1.165) is 24.3 Å². The predicted octanol–water partition coefficient (Wildman–Crippen LogP) is 11.8. The normalized spacial score (nSPS) is 14.0. The summed E-state index contributed by atoms with van der Waals surface area (Å²) in [4.78, 5) is 0. The highest BCUT2D eigenvalue weighted by Gasteiger charge is 2.30. The molecular weight excluding hydrogens is 511 g/mol. The molecule has 0 aromatic heterocycles. The molecule has 0 radical (unpaired) electrons. The second kappa shape index (κ2) is 13.6. The van der Waals surface area contributed by atoms with Crippen molar-refractivity contribution in [3.05, 3.63) is 58.7 Å². The van der Waals surface area contributed by atoms with Gasteiger partial charge in [0.15, 0.2) is 0 Å². The van der Waals surface area contributed by atoms with Gasteiger partial charge in [-0.3, -0.25) is 4.52 Å². The first-order valence-electron chi connectivity index (χ1n) is 15.4. The maximum atomic E-state index is 6.73. The van der Waals surface area contributed by atoms with E-state index >= 15 is 0 Å². The van der Waals surface area contributed by atoms with Gasteiger partial charge in [0, 0.05) is 11.1 Å². The van der Waals surface area contributed by atoms with E-state index in [-0.39, 0.29) is 21.7 Å². The van der Waals surface area contributed by atoms with Crippen LogP contribution in [0.3, 0.4) is 0 Å². The second-order valence-corrected chi connectivity index (χ2v) is 16.6. The molecule has 40 heavy (non-hydrogen) atoms. The van der Waals surface area contributed by atoms with E-state index in [1.54, 1.807) is 0 Å². The molecule has 2 aromatic carbocycles. The van der Waals surface area contributed by atoms with Gasteiger partial charge in [-0.05, 0) is 57.3 Å². The zero-order chi connectivity index (χ0) is 30.5. The predicted molar refractivity (Wildman–Crippen MR) is 175 cm³/mol. The third-order valence-corrected chi connectivity index (χ3v) is 8.66. The summed E-state index contributed by atoms with van der Waals surface area (Å²) >= 11 is 0. The average molecular weight is 571 g/mol. The molecule has 1 unspecified atom stereocenters. The lowest BCUT2D eigenvalue weighted by atomic mass is 9.80. The van der Waals surface area contributed by atoms with Crippen LogP contribution in [0.4, 0.5) is 0 Å². The van der Waals surface area contributed by atoms with E-state index in [1.807, 2.05) is 0 Å². The lowest BCUT2D eigenvalue weighted by Gasteiger charge is -2.30. The smallest absolute Gasteiger partial charge is 0.417 e. The van der Waals surface area contributed by atoms with Gasteiger partial charge in [0.2, 0.25) is 0 Å². The minimum absolute atomic E-state index is 0.0559. The summed E-state index contributed by atoms with van der Waals surface area (Å²) in [5.41, 5.74) is 4.89. The molecule has 0 saturated carbocycles. The molecule has 2 rings (SSSR count). The van der Waals surface area contributed by atoms with Gasteiger partial charge in [-0.15, -0.1) is 0 Å². The van der Waals surface area contributed by atoms with Gasteiger partial charge < -0.3 is 9.05 Å². The first-order chi connectivity index (χ1) is 18.3. The molecule has 0 spiro atoms. The fourth-order valence-electron chi connectivity index (χ4n) is 4.62. The first-order valence-corrected chi connectivity index (χ1v) is 16.5. The van der Waals surface area contributed by atoms with Crippen molar-refractivity contribution >= 4 is 8.60 Å². The van der Waals surface area contributed by atoms with Gasteiger partial charge in [0.1, 0.15) is 11.5 Å². The fourth-order valence-corrected chi connectivity index (χ4v) is 5.74.